The molecule has 1 aromatic carbocycles. The second-order valence-electron chi connectivity index (χ2n) is 5.51. The molecule has 2 rings (SSSR count). The van der Waals surface area contributed by atoms with E-state index >= 15 is 0 Å². The van der Waals surface area contributed by atoms with E-state index in [0.717, 1.165) is 17.3 Å². The van der Waals surface area contributed by atoms with Gasteiger partial charge < -0.3 is 25.2 Å². The number of benzene rings is 1. The first-order chi connectivity index (χ1) is 12.2. The van der Waals surface area contributed by atoms with Gasteiger partial charge in [0.25, 0.3) is 11.2 Å². The Kier molecular flexibility index (Phi) is 7.66. The molecule has 0 amide bonds. The Morgan fingerprint density at radius 3 is 2.31 bits per heavy atom. The molecule has 7 N–H and O–H groups in total. The average molecular weight is 411 g/mol. The molecule has 1 aliphatic heterocycles. The number of nitrogens with zero attached hydrogens (tertiary/aromatic N) is 1. The number of aliphatic hydroxyl groups is 4. The minimum absolute atomic E-state index is 0.0922. The van der Waals surface area contributed by atoms with Crippen LogP contribution in [0.3, 0.4) is 0 Å². The molecular weight excluding hydrogens is 390 g/mol. The lowest BCUT2D eigenvalue weighted by molar-refractivity contribution is -0.205. The zero-order valence-corrected chi connectivity index (χ0v) is 15.0. The van der Waals surface area contributed by atoms with Gasteiger partial charge in [0.2, 0.25) is 0 Å². The van der Waals surface area contributed by atoms with Gasteiger partial charge in [-0.15, -0.1) is 0 Å². The predicted molar refractivity (Wildman–Crippen MR) is 95.5 cm³/mol. The summed E-state index contributed by atoms with van der Waals surface area (Å²) in [6, 6.07) is 8.87. The van der Waals surface area contributed by atoms with Crippen molar-refractivity contribution < 1.29 is 43.1 Å². The summed E-state index contributed by atoms with van der Waals surface area (Å²) in [5, 5.41) is 42.5. The molecule has 0 radical (unpaired) electrons. The van der Waals surface area contributed by atoms with Crippen LogP contribution < -0.4 is 0 Å². The molecule has 1 aromatic rings. The lowest BCUT2D eigenvalue weighted by atomic mass is 10.0. The lowest BCUT2D eigenvalue weighted by Crippen LogP contribution is -2.57. The molecule has 148 valence electrons. The molecule has 5 atom stereocenters. The van der Waals surface area contributed by atoms with E-state index < -0.39 is 47.6 Å². The summed E-state index contributed by atoms with van der Waals surface area (Å²) in [6.07, 6.45) is -5.52. The number of thioether (sulfide) groups is 1. The Hall–Kier alpha value is -0.930. The van der Waals surface area contributed by atoms with Crippen molar-refractivity contribution in [1.29, 1.82) is 0 Å². The van der Waals surface area contributed by atoms with E-state index in [9.17, 15) is 20.4 Å². The highest BCUT2D eigenvalue weighted by molar-refractivity contribution is 8.15. The molecule has 26 heavy (non-hydrogen) atoms. The van der Waals surface area contributed by atoms with Crippen LogP contribution >= 0.6 is 22.9 Å². The SMILES string of the molecule is OC[C@@H]1O[C@H](S/C(Cc2ccccc2)=N/OS(O)(O)O)[C@H](O)[C@H](O)[C@@H]1O. The molecule has 1 saturated heterocycles. The van der Waals surface area contributed by atoms with Crippen LogP contribution in [0, 0.1) is 0 Å². The Bertz CT molecular complexity index is 596. The van der Waals surface area contributed by atoms with Gasteiger partial charge in [0, 0.05) is 6.42 Å². The molecule has 10 nitrogen and oxygen atoms in total. The molecule has 0 aliphatic carbocycles. The van der Waals surface area contributed by atoms with Crippen LogP contribution in [0.1, 0.15) is 5.56 Å². The third-order valence-electron chi connectivity index (χ3n) is 3.54. The first-order valence-corrected chi connectivity index (χ1v) is 9.79. The van der Waals surface area contributed by atoms with Crippen molar-refractivity contribution in [3.63, 3.8) is 0 Å². The van der Waals surface area contributed by atoms with Crippen LogP contribution in [0.15, 0.2) is 35.5 Å². The topological polar surface area (TPSA) is 172 Å². The average Bonchev–Trinajstić information content (AvgIpc) is 2.60. The zero-order valence-electron chi connectivity index (χ0n) is 13.4. The second-order valence-corrected chi connectivity index (χ2v) is 7.76. The van der Waals surface area contributed by atoms with E-state index in [4.69, 9.17) is 18.4 Å². The molecule has 0 aromatic heterocycles. The maximum absolute atomic E-state index is 10.1. The fourth-order valence-electron chi connectivity index (χ4n) is 2.26. The van der Waals surface area contributed by atoms with E-state index in [1.807, 2.05) is 0 Å². The van der Waals surface area contributed by atoms with Crippen LogP contribution in [0.4, 0.5) is 0 Å². The van der Waals surface area contributed by atoms with Crippen LogP contribution in [0.25, 0.3) is 0 Å². The smallest absolute Gasteiger partial charge is 0.287 e. The standard InChI is InChI=1S/C14H21NO9S2/c16-7-9-11(17)12(18)13(19)14(23-9)25-10(15-24-26(20,21)22)6-8-4-2-1-3-5-8/h1-5,9,11-14,16-22H,6-7H2/b15-10+/t9-,11+,12+,13+,14+/m0/s1. The highest BCUT2D eigenvalue weighted by atomic mass is 32.3. The number of ether oxygens (including phenoxy) is 1. The summed E-state index contributed by atoms with van der Waals surface area (Å²) in [7, 11) is 0. The van der Waals surface area contributed by atoms with Gasteiger partial charge in [0.15, 0.2) is 0 Å². The first kappa shape index (κ1) is 21.4. The molecule has 1 aliphatic rings. The van der Waals surface area contributed by atoms with Crippen LogP contribution in [0.5, 0.6) is 0 Å². The fourth-order valence-corrected chi connectivity index (χ4v) is 3.59. The van der Waals surface area contributed by atoms with Gasteiger partial charge in [-0.2, -0.15) is 0 Å². The molecule has 0 saturated carbocycles. The Morgan fingerprint density at radius 2 is 1.73 bits per heavy atom. The highest BCUT2D eigenvalue weighted by Crippen LogP contribution is 2.36. The molecule has 12 heteroatoms. The third kappa shape index (κ3) is 6.06. The third-order valence-corrected chi connectivity index (χ3v) is 4.93. The summed E-state index contributed by atoms with van der Waals surface area (Å²) in [6.45, 7) is -0.582. The lowest BCUT2D eigenvalue weighted by Gasteiger charge is -2.39. The predicted octanol–water partition coefficient (Wildman–Crippen LogP) is 0.231. The van der Waals surface area contributed by atoms with E-state index in [-0.39, 0.29) is 11.5 Å². The molecule has 1 fully saturated rings. The van der Waals surface area contributed by atoms with E-state index in [1.54, 1.807) is 30.3 Å². The summed E-state index contributed by atoms with van der Waals surface area (Å²) < 4.78 is 36.4. The van der Waals surface area contributed by atoms with Crippen molar-refractivity contribution in [3.05, 3.63) is 35.9 Å². The van der Waals surface area contributed by atoms with Crippen molar-refractivity contribution in [1.82, 2.24) is 0 Å². The fraction of sp³-hybridized carbons (Fsp3) is 0.500. The van der Waals surface area contributed by atoms with Crippen molar-refractivity contribution in [2.24, 2.45) is 5.16 Å². The van der Waals surface area contributed by atoms with Gasteiger partial charge in [-0.25, -0.2) is 0 Å². The molecule has 1 heterocycles. The first-order valence-electron chi connectivity index (χ1n) is 7.48. The quantitative estimate of drug-likeness (QED) is 0.195. The number of rotatable bonds is 6. The summed E-state index contributed by atoms with van der Waals surface area (Å²) in [4.78, 5) is 0. The van der Waals surface area contributed by atoms with Gasteiger partial charge in [0.1, 0.15) is 34.9 Å². The number of oxime groups is 1. The van der Waals surface area contributed by atoms with Crippen LogP contribution in [-0.4, -0.2) is 75.6 Å². The number of hydrogen-bond donors (Lipinski definition) is 7. The maximum atomic E-state index is 10.1. The maximum Gasteiger partial charge on any atom is 0.287 e. The highest BCUT2D eigenvalue weighted by Gasteiger charge is 2.44. The minimum Gasteiger partial charge on any atom is -0.394 e. The van der Waals surface area contributed by atoms with E-state index in [0.29, 0.717) is 0 Å². The van der Waals surface area contributed by atoms with Gasteiger partial charge in [-0.3, -0.25) is 17.9 Å². The second kappa shape index (κ2) is 9.32. The van der Waals surface area contributed by atoms with Crippen molar-refractivity contribution in [2.75, 3.05) is 6.61 Å². The van der Waals surface area contributed by atoms with Crippen LogP contribution in [-0.2, 0) is 15.4 Å². The van der Waals surface area contributed by atoms with Crippen LogP contribution in [0.2, 0.25) is 0 Å². The van der Waals surface area contributed by atoms with Crippen molar-refractivity contribution in [3.8, 4) is 0 Å². The summed E-state index contributed by atoms with van der Waals surface area (Å²) in [5.41, 5.74) is -0.363. The largest absolute Gasteiger partial charge is 0.394 e. The van der Waals surface area contributed by atoms with Gasteiger partial charge in [-0.05, 0) is 5.56 Å². The Morgan fingerprint density at radius 1 is 1.08 bits per heavy atom. The van der Waals surface area contributed by atoms with Crippen molar-refractivity contribution >= 4 is 28.0 Å². The number of hydrogen-bond acceptors (Lipinski definition) is 11. The molecular formula is C14H21NO9S2. The Balaban J connectivity index is 2.16. The van der Waals surface area contributed by atoms with Gasteiger partial charge in [-0.1, -0.05) is 47.2 Å². The van der Waals surface area contributed by atoms with Gasteiger partial charge >= 0.3 is 0 Å². The van der Waals surface area contributed by atoms with Gasteiger partial charge in [0.05, 0.1) is 6.61 Å². The summed E-state index contributed by atoms with van der Waals surface area (Å²) in [5.74, 6) is 0. The van der Waals surface area contributed by atoms with E-state index in [2.05, 4.69) is 9.44 Å². The zero-order chi connectivity index (χ0) is 19.3. The Labute approximate surface area is 155 Å². The molecule has 0 unspecified atom stereocenters. The normalized spacial score (nSPS) is 30.9. The minimum atomic E-state index is -4.33. The summed E-state index contributed by atoms with van der Waals surface area (Å²) >= 11 is -3.55. The molecule has 0 bridgehead atoms. The van der Waals surface area contributed by atoms with E-state index in [1.165, 1.54) is 0 Å². The molecule has 0 spiro atoms. The number of aliphatic hydroxyl groups excluding tert-OH is 4. The monoisotopic (exact) mass is 411 g/mol. The van der Waals surface area contributed by atoms with Crippen molar-refractivity contribution in [2.45, 2.75) is 36.3 Å².